The topological polar surface area (TPSA) is 67.7 Å². The second kappa shape index (κ2) is 6.46. The third kappa shape index (κ3) is 2.97. The van der Waals surface area contributed by atoms with E-state index in [0.29, 0.717) is 24.5 Å². The van der Waals surface area contributed by atoms with E-state index in [-0.39, 0.29) is 16.5 Å². The molecular weight excluding hydrogens is 414 g/mol. The highest BCUT2D eigenvalue weighted by molar-refractivity contribution is 7.89. The molecule has 0 N–H and O–H groups in total. The molecular formula is C20H28F2N4O3S. The summed E-state index contributed by atoms with van der Waals surface area (Å²) in [5.41, 5.74) is 0.238. The van der Waals surface area contributed by atoms with Crippen LogP contribution in [-0.2, 0) is 14.8 Å². The van der Waals surface area contributed by atoms with Crippen LogP contribution < -0.4 is 0 Å². The highest BCUT2D eigenvalue weighted by Crippen LogP contribution is 2.54. The van der Waals surface area contributed by atoms with Gasteiger partial charge in [-0.15, -0.1) is 0 Å². The lowest BCUT2D eigenvalue weighted by atomic mass is 9.59. The Morgan fingerprint density at radius 1 is 1.07 bits per heavy atom. The van der Waals surface area contributed by atoms with Gasteiger partial charge in [-0.1, -0.05) is 0 Å². The van der Waals surface area contributed by atoms with E-state index in [4.69, 9.17) is 4.74 Å². The monoisotopic (exact) mass is 442 g/mol. The number of hydrogen-bond acceptors (Lipinski definition) is 5. The Bertz CT molecular complexity index is 933. The number of alkyl halides is 2. The lowest BCUT2D eigenvalue weighted by molar-refractivity contribution is -0.215. The molecule has 2 saturated carbocycles. The maximum atomic E-state index is 13.2. The maximum absolute atomic E-state index is 13.2. The van der Waals surface area contributed by atoms with E-state index in [1.54, 1.807) is 0 Å². The van der Waals surface area contributed by atoms with Crippen LogP contribution in [0.25, 0.3) is 0 Å². The number of nitrogens with zero attached hydrogens (tertiary/aromatic N) is 4. The third-order valence-corrected chi connectivity index (χ3v) is 9.85. The van der Waals surface area contributed by atoms with E-state index in [1.807, 2.05) is 0 Å². The normalized spacial score (nSPS) is 29.2. The van der Waals surface area contributed by atoms with Crippen LogP contribution >= 0.6 is 0 Å². The molecule has 2 spiro atoms. The van der Waals surface area contributed by atoms with Gasteiger partial charge in [0.25, 0.3) is 16.4 Å². The molecule has 0 unspecified atom stereocenters. The van der Waals surface area contributed by atoms with E-state index in [9.17, 15) is 17.2 Å². The molecule has 5 aliphatic rings. The van der Waals surface area contributed by atoms with Crippen LogP contribution in [0.4, 0.5) is 8.78 Å². The molecule has 0 atom stereocenters. The molecule has 0 radical (unpaired) electrons. The fourth-order valence-electron chi connectivity index (χ4n) is 5.86. The number of rotatable bonds is 5. The van der Waals surface area contributed by atoms with Gasteiger partial charge in [0.05, 0.1) is 19.3 Å². The van der Waals surface area contributed by atoms with E-state index >= 15 is 0 Å². The van der Waals surface area contributed by atoms with Crippen LogP contribution in [0.3, 0.4) is 0 Å². The van der Waals surface area contributed by atoms with Crippen LogP contribution in [0.2, 0.25) is 0 Å². The van der Waals surface area contributed by atoms with Gasteiger partial charge in [-0.3, -0.25) is 4.90 Å². The second-order valence-corrected chi connectivity index (χ2v) is 12.1. The molecule has 1 aromatic heterocycles. The predicted octanol–water partition coefficient (Wildman–Crippen LogP) is 2.42. The first-order valence-corrected chi connectivity index (χ1v) is 12.4. The molecule has 6 rings (SSSR count). The lowest BCUT2D eigenvalue weighted by Gasteiger charge is -2.63. The third-order valence-electron chi connectivity index (χ3n) is 7.97. The molecule has 166 valence electrons. The molecule has 5 fully saturated rings. The molecule has 0 bridgehead atoms. The summed E-state index contributed by atoms with van der Waals surface area (Å²) >= 11 is 0. The number of likely N-dealkylation sites (tertiary alicyclic amines) is 1. The van der Waals surface area contributed by atoms with Crippen LogP contribution in [0.1, 0.15) is 56.7 Å². The molecule has 10 heteroatoms. The first-order chi connectivity index (χ1) is 14.3. The highest BCUT2D eigenvalue weighted by atomic mass is 32.2. The summed E-state index contributed by atoms with van der Waals surface area (Å²) in [5, 5.41) is 3.84. The molecule has 4 heterocycles. The van der Waals surface area contributed by atoms with Gasteiger partial charge in [-0.25, -0.2) is 21.9 Å². The Hall–Kier alpha value is -1.10. The van der Waals surface area contributed by atoms with Gasteiger partial charge in [0, 0.05) is 43.7 Å². The van der Waals surface area contributed by atoms with Gasteiger partial charge in [-0.2, -0.15) is 9.40 Å². The molecule has 2 aliphatic carbocycles. The maximum Gasteiger partial charge on any atom is 0.282 e. The molecule has 30 heavy (non-hydrogen) atoms. The summed E-state index contributed by atoms with van der Waals surface area (Å²) in [5.74, 6) is 0. The smallest absolute Gasteiger partial charge is 0.282 e. The summed E-state index contributed by atoms with van der Waals surface area (Å²) in [4.78, 5) is 2.57. The quantitative estimate of drug-likeness (QED) is 0.701. The number of ether oxygens (including phenoxy) is 1. The average Bonchev–Trinajstić information content (AvgIpc) is 3.35. The van der Waals surface area contributed by atoms with Crippen molar-refractivity contribution in [1.82, 2.24) is 19.0 Å². The van der Waals surface area contributed by atoms with Crippen molar-refractivity contribution >= 4 is 10.0 Å². The van der Waals surface area contributed by atoms with Crippen molar-refractivity contribution in [3.63, 3.8) is 0 Å². The highest BCUT2D eigenvalue weighted by Gasteiger charge is 2.56. The first kappa shape index (κ1) is 19.6. The number of sulfonamides is 1. The number of piperidine rings is 1. The van der Waals surface area contributed by atoms with Crippen molar-refractivity contribution in [3.05, 3.63) is 11.8 Å². The van der Waals surface area contributed by atoms with Crippen LogP contribution in [0.15, 0.2) is 11.1 Å². The molecule has 3 saturated heterocycles. The van der Waals surface area contributed by atoms with E-state index in [1.165, 1.54) is 8.99 Å². The fraction of sp³-hybridized carbons (Fsp3) is 0.850. The Labute approximate surface area is 175 Å². The minimum atomic E-state index is -3.80. The minimum Gasteiger partial charge on any atom is -0.380 e. The SMILES string of the molecule is O=S(=O)(c1cc(C(F)F)nn1C1CC1)N1CCC2(CC1)CC(N1CC3(COC3)C1)C2. The van der Waals surface area contributed by atoms with Crippen molar-refractivity contribution in [2.75, 3.05) is 39.4 Å². The summed E-state index contributed by atoms with van der Waals surface area (Å²) in [6.45, 7) is 5.02. The first-order valence-electron chi connectivity index (χ1n) is 11.0. The molecule has 7 nitrogen and oxygen atoms in total. The Kier molecular flexibility index (Phi) is 4.22. The zero-order chi connectivity index (χ0) is 20.7. The van der Waals surface area contributed by atoms with Gasteiger partial charge in [0.15, 0.2) is 5.03 Å². The zero-order valence-electron chi connectivity index (χ0n) is 17.0. The van der Waals surface area contributed by atoms with Gasteiger partial charge >= 0.3 is 0 Å². The average molecular weight is 443 g/mol. The van der Waals surface area contributed by atoms with Gasteiger partial charge in [0.1, 0.15) is 5.69 Å². The van der Waals surface area contributed by atoms with E-state index in [2.05, 4.69) is 10.00 Å². The number of aromatic nitrogens is 2. The van der Waals surface area contributed by atoms with Gasteiger partial charge in [-0.05, 0) is 43.9 Å². The second-order valence-electron chi connectivity index (χ2n) is 10.2. The molecule has 0 amide bonds. The standard InChI is InChI=1S/C20H28F2N4O3S/c21-18(22)16-7-17(26(23-16)14-1-2-14)30(27,28)25-5-3-19(4-6-25)8-15(9-19)24-10-20(11-24)12-29-13-20/h7,14-15,18H,1-6,8-13H2. The fourth-order valence-corrected chi connectivity index (χ4v) is 7.49. The summed E-state index contributed by atoms with van der Waals surface area (Å²) in [6, 6.07) is 1.64. The van der Waals surface area contributed by atoms with Crippen molar-refractivity contribution < 1.29 is 21.9 Å². The minimum absolute atomic E-state index is 0.0590. The summed E-state index contributed by atoms with van der Waals surface area (Å²) < 4.78 is 60.9. The Balaban J connectivity index is 1.10. The van der Waals surface area contributed by atoms with Crippen molar-refractivity contribution in [2.24, 2.45) is 10.8 Å². The Morgan fingerprint density at radius 2 is 1.73 bits per heavy atom. The van der Waals surface area contributed by atoms with E-state index in [0.717, 1.165) is 70.9 Å². The van der Waals surface area contributed by atoms with E-state index < -0.39 is 22.1 Å². The van der Waals surface area contributed by atoms with Crippen LogP contribution in [0.5, 0.6) is 0 Å². The lowest BCUT2D eigenvalue weighted by Crippen LogP contribution is -2.70. The van der Waals surface area contributed by atoms with Crippen molar-refractivity contribution in [2.45, 2.75) is 62.1 Å². The largest absolute Gasteiger partial charge is 0.380 e. The van der Waals surface area contributed by atoms with Crippen molar-refractivity contribution in [1.29, 1.82) is 0 Å². The molecule has 1 aromatic rings. The summed E-state index contributed by atoms with van der Waals surface area (Å²) in [6.07, 6.45) is 2.82. The summed E-state index contributed by atoms with van der Waals surface area (Å²) in [7, 11) is -3.80. The number of halogens is 2. The zero-order valence-corrected chi connectivity index (χ0v) is 17.8. The van der Waals surface area contributed by atoms with Gasteiger partial charge < -0.3 is 4.74 Å². The van der Waals surface area contributed by atoms with Crippen molar-refractivity contribution in [3.8, 4) is 0 Å². The molecule has 0 aromatic carbocycles. The van der Waals surface area contributed by atoms with Gasteiger partial charge in [0.2, 0.25) is 0 Å². The Morgan fingerprint density at radius 3 is 2.27 bits per heavy atom. The van der Waals surface area contributed by atoms with Crippen LogP contribution in [-0.4, -0.2) is 72.8 Å². The van der Waals surface area contributed by atoms with Crippen LogP contribution in [0, 0.1) is 10.8 Å². The predicted molar refractivity (Wildman–Crippen MR) is 104 cm³/mol. The molecule has 3 aliphatic heterocycles. The number of hydrogen-bond donors (Lipinski definition) is 0.